The van der Waals surface area contributed by atoms with Crippen molar-refractivity contribution in [2.75, 3.05) is 19.0 Å². The highest BCUT2D eigenvalue weighted by atomic mass is 32.2. The van der Waals surface area contributed by atoms with Crippen LogP contribution in [0.5, 0.6) is 0 Å². The third-order valence-corrected chi connectivity index (χ3v) is 8.22. The molecule has 2 aromatic heterocycles. The lowest BCUT2D eigenvalue weighted by molar-refractivity contribution is -0.115. The monoisotopic (exact) mass is 495 g/mol. The summed E-state index contributed by atoms with van der Waals surface area (Å²) in [5.41, 5.74) is 3.88. The predicted octanol–water partition coefficient (Wildman–Crippen LogP) is 5.22. The number of aromatic nitrogens is 3. The zero-order valence-electron chi connectivity index (χ0n) is 19.8. The van der Waals surface area contributed by atoms with Crippen LogP contribution in [-0.4, -0.2) is 39.6 Å². The second-order valence-corrected chi connectivity index (χ2v) is 10.9. The fraction of sp³-hybridized carbons (Fsp3) is 0.440. The van der Waals surface area contributed by atoms with Gasteiger partial charge in [-0.05, 0) is 51.2 Å². The summed E-state index contributed by atoms with van der Waals surface area (Å²) in [4.78, 5) is 14.3. The molecule has 1 atom stereocenters. The molecule has 0 unspecified atom stereocenters. The van der Waals surface area contributed by atoms with E-state index in [1.165, 1.54) is 23.1 Å². The Labute approximate surface area is 208 Å². The van der Waals surface area contributed by atoms with Gasteiger partial charge in [0.2, 0.25) is 5.91 Å². The van der Waals surface area contributed by atoms with Gasteiger partial charge in [-0.25, -0.2) is 0 Å². The van der Waals surface area contributed by atoms with Gasteiger partial charge in [-0.1, -0.05) is 41.9 Å². The molecule has 178 valence electrons. The summed E-state index contributed by atoms with van der Waals surface area (Å²) >= 11 is 2.92. The average Bonchev–Trinajstić information content (AvgIpc) is 3.28. The summed E-state index contributed by atoms with van der Waals surface area (Å²) in [5.74, 6) is 0.612. The maximum Gasteiger partial charge on any atom is 0.238 e. The van der Waals surface area contributed by atoms with E-state index in [1.807, 2.05) is 36.6 Å². The first-order valence-electron chi connectivity index (χ1n) is 11.5. The van der Waals surface area contributed by atoms with Gasteiger partial charge in [0.25, 0.3) is 0 Å². The normalized spacial score (nSPS) is 14.2. The molecule has 4 rings (SSSR count). The molecule has 7 nitrogen and oxygen atoms in total. The number of fused-ring (bicyclic) bond motifs is 1. The molecule has 1 N–H and O–H groups in total. The van der Waals surface area contributed by atoms with Crippen LogP contribution >= 0.6 is 23.1 Å². The number of nitrogens with one attached hydrogen (secondary N) is 1. The number of hydrogen-bond donors (Lipinski definition) is 1. The predicted molar refractivity (Wildman–Crippen MR) is 136 cm³/mol. The van der Waals surface area contributed by atoms with E-state index in [0.717, 1.165) is 48.2 Å². The minimum Gasteiger partial charge on any atom is -0.383 e. The SMILES string of the molecule is COCCn1c(S[C@H](C)C(=O)Nc2sc3c(c2C#N)CCCCC3)nnc1-c1cccc(C)c1. The maximum absolute atomic E-state index is 13.1. The zero-order chi connectivity index (χ0) is 24.1. The molecule has 1 aromatic carbocycles. The number of nitrogens with zero attached hydrogens (tertiary/aromatic N) is 4. The minimum absolute atomic E-state index is 0.142. The molecular formula is C25H29N5O2S2. The number of rotatable bonds is 8. The first-order chi connectivity index (χ1) is 16.5. The number of anilines is 1. The molecule has 1 aliphatic carbocycles. The number of ether oxygens (including phenoxy) is 1. The molecule has 0 saturated heterocycles. The molecule has 0 spiro atoms. The molecule has 1 aliphatic rings. The van der Waals surface area contributed by atoms with Crippen molar-refractivity contribution in [3.05, 3.63) is 45.8 Å². The van der Waals surface area contributed by atoms with Crippen LogP contribution in [0.15, 0.2) is 29.4 Å². The standard InChI is InChI=1S/C25H29N5O2S2/c1-16-8-7-9-18(14-16)22-28-29-25(30(22)12-13-32-3)33-17(2)23(31)27-24-20(15-26)19-10-5-4-6-11-21(19)34-24/h7-9,14,17H,4-6,10-13H2,1-3H3,(H,27,31)/t17-/m1/s1. The van der Waals surface area contributed by atoms with E-state index in [1.54, 1.807) is 18.4 Å². The van der Waals surface area contributed by atoms with Gasteiger partial charge in [0.1, 0.15) is 11.1 Å². The number of aryl methyl sites for hydroxylation is 2. The van der Waals surface area contributed by atoms with Gasteiger partial charge in [0.15, 0.2) is 11.0 Å². The summed E-state index contributed by atoms with van der Waals surface area (Å²) in [6, 6.07) is 10.5. The zero-order valence-corrected chi connectivity index (χ0v) is 21.4. The fourth-order valence-corrected chi connectivity index (χ4v) is 6.25. The molecule has 0 aliphatic heterocycles. The first-order valence-corrected chi connectivity index (χ1v) is 13.2. The average molecular weight is 496 g/mol. The molecule has 0 bridgehead atoms. The second kappa shape index (κ2) is 11.2. The van der Waals surface area contributed by atoms with Crippen LogP contribution < -0.4 is 5.32 Å². The summed E-state index contributed by atoms with van der Waals surface area (Å²) in [7, 11) is 1.66. The Kier molecular flexibility index (Phi) is 8.03. The summed E-state index contributed by atoms with van der Waals surface area (Å²) in [5, 5.41) is 22.5. The number of thiophene rings is 1. The lowest BCUT2D eigenvalue weighted by Crippen LogP contribution is -2.23. The van der Waals surface area contributed by atoms with E-state index in [4.69, 9.17) is 4.74 Å². The summed E-state index contributed by atoms with van der Waals surface area (Å²) in [6.07, 6.45) is 5.32. The molecule has 1 amide bonds. The quantitative estimate of drug-likeness (QED) is 0.340. The molecule has 34 heavy (non-hydrogen) atoms. The molecule has 3 aromatic rings. The number of methoxy groups -OCH3 is 1. The van der Waals surface area contributed by atoms with Gasteiger partial charge < -0.3 is 10.1 Å². The van der Waals surface area contributed by atoms with E-state index >= 15 is 0 Å². The van der Waals surface area contributed by atoms with Crippen LogP contribution in [0, 0.1) is 18.3 Å². The van der Waals surface area contributed by atoms with Crippen molar-refractivity contribution in [3.8, 4) is 17.5 Å². The Bertz CT molecular complexity index is 1210. The Morgan fingerprint density at radius 1 is 1.32 bits per heavy atom. The molecule has 9 heteroatoms. The van der Waals surface area contributed by atoms with Crippen molar-refractivity contribution < 1.29 is 9.53 Å². The Hall–Kier alpha value is -2.67. The van der Waals surface area contributed by atoms with E-state index in [-0.39, 0.29) is 5.91 Å². The van der Waals surface area contributed by atoms with Crippen LogP contribution in [0.25, 0.3) is 11.4 Å². The van der Waals surface area contributed by atoms with Crippen molar-refractivity contribution in [2.24, 2.45) is 0 Å². The van der Waals surface area contributed by atoms with Crippen LogP contribution in [0.3, 0.4) is 0 Å². The maximum atomic E-state index is 13.1. The highest BCUT2D eigenvalue weighted by Crippen LogP contribution is 2.37. The van der Waals surface area contributed by atoms with Crippen LogP contribution in [0.4, 0.5) is 5.00 Å². The van der Waals surface area contributed by atoms with E-state index in [2.05, 4.69) is 27.6 Å². The van der Waals surface area contributed by atoms with Crippen molar-refractivity contribution in [3.63, 3.8) is 0 Å². The first kappa shape index (κ1) is 24.5. The largest absolute Gasteiger partial charge is 0.383 e. The highest BCUT2D eigenvalue weighted by molar-refractivity contribution is 8.00. The van der Waals surface area contributed by atoms with Gasteiger partial charge in [-0.2, -0.15) is 5.26 Å². The lowest BCUT2D eigenvalue weighted by atomic mass is 10.1. The highest BCUT2D eigenvalue weighted by Gasteiger charge is 2.25. The summed E-state index contributed by atoms with van der Waals surface area (Å²) < 4.78 is 7.30. The Morgan fingerprint density at radius 2 is 2.15 bits per heavy atom. The fourth-order valence-electron chi connectivity index (χ4n) is 4.13. The van der Waals surface area contributed by atoms with E-state index < -0.39 is 5.25 Å². The number of carbonyl (C=O) groups excluding carboxylic acids is 1. The minimum atomic E-state index is -0.413. The Balaban J connectivity index is 1.53. The number of amides is 1. The number of thioether (sulfide) groups is 1. The van der Waals surface area contributed by atoms with Crippen molar-refractivity contribution >= 4 is 34.0 Å². The van der Waals surface area contributed by atoms with Crippen LogP contribution in [0.2, 0.25) is 0 Å². The summed E-state index contributed by atoms with van der Waals surface area (Å²) in [6.45, 7) is 4.99. The van der Waals surface area contributed by atoms with Crippen molar-refractivity contribution in [1.29, 1.82) is 5.26 Å². The molecule has 0 radical (unpaired) electrons. The number of carbonyl (C=O) groups is 1. The van der Waals surface area contributed by atoms with Gasteiger partial charge in [-0.15, -0.1) is 21.5 Å². The molecule has 0 fully saturated rings. The smallest absolute Gasteiger partial charge is 0.238 e. The van der Waals surface area contributed by atoms with Crippen molar-refractivity contribution in [2.45, 2.75) is 62.9 Å². The Morgan fingerprint density at radius 3 is 2.91 bits per heavy atom. The molecular weight excluding hydrogens is 466 g/mol. The molecule has 0 saturated carbocycles. The lowest BCUT2D eigenvalue weighted by Gasteiger charge is -2.13. The topological polar surface area (TPSA) is 92.8 Å². The number of hydrogen-bond acceptors (Lipinski definition) is 7. The van der Waals surface area contributed by atoms with Gasteiger partial charge in [0.05, 0.1) is 24.0 Å². The van der Waals surface area contributed by atoms with Crippen molar-refractivity contribution in [1.82, 2.24) is 14.8 Å². The van der Waals surface area contributed by atoms with Crippen LogP contribution in [-0.2, 0) is 28.9 Å². The third-order valence-electron chi connectivity index (χ3n) is 5.93. The van der Waals surface area contributed by atoms with Gasteiger partial charge in [-0.3, -0.25) is 9.36 Å². The number of benzene rings is 1. The van der Waals surface area contributed by atoms with E-state index in [9.17, 15) is 10.1 Å². The van der Waals surface area contributed by atoms with Gasteiger partial charge >= 0.3 is 0 Å². The second-order valence-electron chi connectivity index (χ2n) is 8.45. The molecule has 2 heterocycles. The third kappa shape index (κ3) is 5.35. The van der Waals surface area contributed by atoms with Gasteiger partial charge in [0, 0.05) is 17.6 Å². The van der Waals surface area contributed by atoms with E-state index in [0.29, 0.717) is 28.9 Å². The van der Waals surface area contributed by atoms with Crippen LogP contribution in [0.1, 0.15) is 47.8 Å². The number of nitriles is 1.